The number of rotatable bonds is 5. The molecule has 0 aliphatic carbocycles. The van der Waals surface area contributed by atoms with Gasteiger partial charge in [0.1, 0.15) is 0 Å². The van der Waals surface area contributed by atoms with Gasteiger partial charge in [-0.2, -0.15) is 0 Å². The summed E-state index contributed by atoms with van der Waals surface area (Å²) in [6.07, 6.45) is 0.638. The van der Waals surface area contributed by atoms with Crippen molar-refractivity contribution in [1.29, 1.82) is 0 Å². The predicted molar refractivity (Wildman–Crippen MR) is 98.1 cm³/mol. The highest BCUT2D eigenvalue weighted by Crippen LogP contribution is 2.28. The molecule has 7 heteroatoms. The molecule has 0 saturated carbocycles. The highest BCUT2D eigenvalue weighted by atomic mass is 35.5. The third kappa shape index (κ3) is 4.06. The van der Waals surface area contributed by atoms with E-state index in [0.717, 1.165) is 22.1 Å². The molecule has 3 rings (SSSR count). The second-order valence-corrected chi connectivity index (χ2v) is 6.75. The minimum atomic E-state index is -0.927. The maximum absolute atomic E-state index is 10.9. The summed E-state index contributed by atoms with van der Waals surface area (Å²) < 4.78 is 0. The number of aromatic nitrogens is 1. The number of hydrogen-bond donors (Lipinski definition) is 2. The standard InChI is InChI=1S/C17H12Cl2N2O2S/c18-14-6-5-12(8-15(14)19)20-17-21-13(9-24-17)7-10-1-3-11(4-2-10)16(22)23/h1-6,8-9H,7H2,(H,20,21)(H,22,23). The molecule has 0 spiro atoms. The molecule has 0 aliphatic rings. The first kappa shape index (κ1) is 16.8. The lowest BCUT2D eigenvalue weighted by atomic mass is 10.1. The third-order valence-corrected chi connectivity index (χ3v) is 4.85. The molecule has 2 aromatic carbocycles. The Bertz CT molecular complexity index is 879. The van der Waals surface area contributed by atoms with Gasteiger partial charge in [-0.3, -0.25) is 0 Å². The Balaban J connectivity index is 1.68. The zero-order valence-electron chi connectivity index (χ0n) is 12.3. The number of hydrogen-bond acceptors (Lipinski definition) is 4. The number of halogens is 2. The van der Waals surface area contributed by atoms with Gasteiger partial charge in [-0.05, 0) is 35.9 Å². The molecule has 0 atom stereocenters. The van der Waals surface area contributed by atoms with Gasteiger partial charge >= 0.3 is 5.97 Å². The average Bonchev–Trinajstić information content (AvgIpc) is 2.98. The molecule has 122 valence electrons. The molecule has 0 unspecified atom stereocenters. The fourth-order valence-electron chi connectivity index (χ4n) is 2.12. The molecular weight excluding hydrogens is 367 g/mol. The zero-order chi connectivity index (χ0) is 17.1. The summed E-state index contributed by atoms with van der Waals surface area (Å²) >= 11 is 13.4. The Morgan fingerprint density at radius 2 is 1.88 bits per heavy atom. The van der Waals surface area contributed by atoms with E-state index >= 15 is 0 Å². The molecule has 0 aliphatic heterocycles. The molecule has 1 heterocycles. The van der Waals surface area contributed by atoms with Gasteiger partial charge < -0.3 is 10.4 Å². The topological polar surface area (TPSA) is 62.2 Å². The maximum Gasteiger partial charge on any atom is 0.335 e. The van der Waals surface area contributed by atoms with Crippen molar-refractivity contribution in [3.63, 3.8) is 0 Å². The average molecular weight is 379 g/mol. The molecule has 0 fully saturated rings. The Hall–Kier alpha value is -2.08. The van der Waals surface area contributed by atoms with Crippen molar-refractivity contribution < 1.29 is 9.90 Å². The van der Waals surface area contributed by atoms with Crippen LogP contribution in [0.5, 0.6) is 0 Å². The second kappa shape index (κ2) is 7.21. The van der Waals surface area contributed by atoms with Crippen molar-refractivity contribution in [3.05, 3.63) is 74.7 Å². The number of carbonyl (C=O) groups is 1. The third-order valence-electron chi connectivity index (χ3n) is 3.31. The van der Waals surface area contributed by atoms with Crippen LogP contribution < -0.4 is 5.32 Å². The van der Waals surface area contributed by atoms with Crippen LogP contribution in [0.1, 0.15) is 21.6 Å². The van der Waals surface area contributed by atoms with E-state index in [-0.39, 0.29) is 5.56 Å². The minimum Gasteiger partial charge on any atom is -0.478 e. The van der Waals surface area contributed by atoms with Crippen LogP contribution in [-0.2, 0) is 6.42 Å². The number of carboxylic acid groups (broad SMARTS) is 1. The van der Waals surface area contributed by atoms with Gasteiger partial charge in [-0.25, -0.2) is 9.78 Å². The largest absolute Gasteiger partial charge is 0.478 e. The summed E-state index contributed by atoms with van der Waals surface area (Å²) in [5.41, 5.74) is 3.01. The quantitative estimate of drug-likeness (QED) is 0.616. The molecule has 1 aromatic heterocycles. The van der Waals surface area contributed by atoms with Gasteiger partial charge in [0.25, 0.3) is 0 Å². The van der Waals surface area contributed by atoms with E-state index in [1.54, 1.807) is 36.4 Å². The van der Waals surface area contributed by atoms with Crippen molar-refractivity contribution in [2.24, 2.45) is 0 Å². The van der Waals surface area contributed by atoms with Crippen molar-refractivity contribution in [2.75, 3.05) is 5.32 Å². The number of nitrogens with zero attached hydrogens (tertiary/aromatic N) is 1. The number of anilines is 2. The van der Waals surface area contributed by atoms with E-state index in [2.05, 4.69) is 10.3 Å². The Morgan fingerprint density at radius 1 is 1.12 bits per heavy atom. The van der Waals surface area contributed by atoms with Crippen LogP contribution in [0.25, 0.3) is 0 Å². The van der Waals surface area contributed by atoms with Crippen molar-refractivity contribution in [2.45, 2.75) is 6.42 Å². The first-order valence-corrected chi connectivity index (χ1v) is 8.63. The van der Waals surface area contributed by atoms with Crippen LogP contribution in [0.15, 0.2) is 47.8 Å². The van der Waals surface area contributed by atoms with E-state index in [4.69, 9.17) is 28.3 Å². The Kier molecular flexibility index (Phi) is 5.04. The van der Waals surface area contributed by atoms with Crippen LogP contribution in [0.3, 0.4) is 0 Å². The van der Waals surface area contributed by atoms with Gasteiger partial charge in [-0.1, -0.05) is 35.3 Å². The van der Waals surface area contributed by atoms with E-state index in [1.807, 2.05) is 11.4 Å². The molecule has 0 amide bonds. The first-order valence-electron chi connectivity index (χ1n) is 7.00. The molecule has 0 radical (unpaired) electrons. The molecule has 4 nitrogen and oxygen atoms in total. The Labute approximate surface area is 152 Å². The summed E-state index contributed by atoms with van der Waals surface area (Å²) in [4.78, 5) is 15.4. The van der Waals surface area contributed by atoms with Crippen LogP contribution in [0, 0.1) is 0 Å². The molecule has 0 saturated heterocycles. The van der Waals surface area contributed by atoms with E-state index in [1.165, 1.54) is 11.3 Å². The van der Waals surface area contributed by atoms with Gasteiger partial charge in [0.05, 0.1) is 21.3 Å². The smallest absolute Gasteiger partial charge is 0.335 e. The Morgan fingerprint density at radius 3 is 2.54 bits per heavy atom. The summed E-state index contributed by atoms with van der Waals surface area (Å²) in [5.74, 6) is -0.927. The molecule has 3 aromatic rings. The highest BCUT2D eigenvalue weighted by molar-refractivity contribution is 7.13. The van der Waals surface area contributed by atoms with Crippen LogP contribution in [0.4, 0.5) is 10.8 Å². The predicted octanol–water partition coefficient (Wildman–Crippen LogP) is 5.48. The van der Waals surface area contributed by atoms with Gasteiger partial charge in [0.15, 0.2) is 5.13 Å². The SMILES string of the molecule is O=C(O)c1ccc(Cc2csc(Nc3ccc(Cl)c(Cl)c3)n2)cc1. The minimum absolute atomic E-state index is 0.277. The number of aromatic carboxylic acids is 1. The fourth-order valence-corrected chi connectivity index (χ4v) is 3.15. The fraction of sp³-hybridized carbons (Fsp3) is 0.0588. The van der Waals surface area contributed by atoms with E-state index in [9.17, 15) is 4.79 Å². The maximum atomic E-state index is 10.9. The van der Waals surface area contributed by atoms with Gasteiger partial charge in [-0.15, -0.1) is 11.3 Å². The normalized spacial score (nSPS) is 10.6. The molecule has 2 N–H and O–H groups in total. The van der Waals surface area contributed by atoms with Gasteiger partial charge in [0.2, 0.25) is 0 Å². The van der Waals surface area contributed by atoms with Crippen LogP contribution in [-0.4, -0.2) is 16.1 Å². The number of carboxylic acids is 1. The molecular formula is C17H12Cl2N2O2S. The number of nitrogens with one attached hydrogen (secondary N) is 1. The first-order chi connectivity index (χ1) is 11.5. The summed E-state index contributed by atoms with van der Waals surface area (Å²) in [7, 11) is 0. The van der Waals surface area contributed by atoms with Crippen molar-refractivity contribution >= 4 is 51.3 Å². The highest BCUT2D eigenvalue weighted by Gasteiger charge is 2.07. The number of thiazole rings is 1. The summed E-state index contributed by atoms with van der Waals surface area (Å²) in [5, 5.41) is 15.8. The van der Waals surface area contributed by atoms with Crippen molar-refractivity contribution in [3.8, 4) is 0 Å². The summed E-state index contributed by atoms with van der Waals surface area (Å²) in [6.45, 7) is 0. The number of benzene rings is 2. The van der Waals surface area contributed by atoms with Crippen molar-refractivity contribution in [1.82, 2.24) is 4.98 Å². The summed E-state index contributed by atoms with van der Waals surface area (Å²) in [6, 6.07) is 12.1. The zero-order valence-corrected chi connectivity index (χ0v) is 14.6. The van der Waals surface area contributed by atoms with Gasteiger partial charge in [0, 0.05) is 17.5 Å². The molecule has 24 heavy (non-hydrogen) atoms. The lowest BCUT2D eigenvalue weighted by molar-refractivity contribution is 0.0697. The van der Waals surface area contributed by atoms with Crippen LogP contribution in [0.2, 0.25) is 10.0 Å². The van der Waals surface area contributed by atoms with E-state index in [0.29, 0.717) is 16.5 Å². The monoisotopic (exact) mass is 378 g/mol. The lowest BCUT2D eigenvalue weighted by Gasteiger charge is -2.04. The molecule has 0 bridgehead atoms. The van der Waals surface area contributed by atoms with E-state index < -0.39 is 5.97 Å². The lowest BCUT2D eigenvalue weighted by Crippen LogP contribution is -1.96. The second-order valence-electron chi connectivity index (χ2n) is 5.08. The van der Waals surface area contributed by atoms with Crippen LogP contribution >= 0.6 is 34.5 Å².